The predicted octanol–water partition coefficient (Wildman–Crippen LogP) is 5.51. The van der Waals surface area contributed by atoms with Gasteiger partial charge in [-0.25, -0.2) is 0 Å². The van der Waals surface area contributed by atoms with Crippen LogP contribution in [0.3, 0.4) is 0 Å². The van der Waals surface area contributed by atoms with Crippen molar-refractivity contribution in [3.8, 4) is 0 Å². The van der Waals surface area contributed by atoms with Crippen molar-refractivity contribution in [2.45, 2.75) is 31.6 Å². The van der Waals surface area contributed by atoms with E-state index in [1.54, 1.807) is 31.2 Å². The number of hydrogen-bond acceptors (Lipinski definition) is 3. The van der Waals surface area contributed by atoms with Gasteiger partial charge in [0.25, 0.3) is 10.0 Å². The topological polar surface area (TPSA) is 58.5 Å². The van der Waals surface area contributed by atoms with Crippen LogP contribution in [0.5, 0.6) is 0 Å². The summed E-state index contributed by atoms with van der Waals surface area (Å²) < 4.78 is 25.0. The Balaban J connectivity index is 1.80. The molecule has 0 aliphatic rings. The summed E-state index contributed by atoms with van der Waals surface area (Å²) in [5.74, 6) is 0.261. The zero-order chi connectivity index (χ0) is 21.6. The summed E-state index contributed by atoms with van der Waals surface area (Å²) >= 11 is 0. The molecular formula is C25H26N2O2S. The van der Waals surface area contributed by atoms with E-state index in [0.29, 0.717) is 5.71 Å². The number of nitrogens with one attached hydrogen (secondary N) is 1. The molecule has 0 radical (unpaired) electrons. The predicted molar refractivity (Wildman–Crippen MR) is 124 cm³/mol. The monoisotopic (exact) mass is 418 g/mol. The van der Waals surface area contributed by atoms with Crippen molar-refractivity contribution >= 4 is 21.8 Å². The Kier molecular flexibility index (Phi) is 6.85. The highest BCUT2D eigenvalue weighted by atomic mass is 32.2. The molecule has 5 heteroatoms. The Morgan fingerprint density at radius 3 is 2.27 bits per heavy atom. The molecule has 1 unspecified atom stereocenters. The summed E-state index contributed by atoms with van der Waals surface area (Å²) in [6.45, 7) is 5.85. The zero-order valence-corrected chi connectivity index (χ0v) is 18.2. The van der Waals surface area contributed by atoms with Gasteiger partial charge in [-0.2, -0.15) is 18.4 Å². The molecule has 0 fully saturated rings. The lowest BCUT2D eigenvalue weighted by atomic mass is 9.98. The second-order valence-corrected chi connectivity index (χ2v) is 8.91. The molecule has 0 saturated carbocycles. The molecule has 1 N–H and O–H groups in total. The van der Waals surface area contributed by atoms with Crippen LogP contribution < -0.4 is 4.83 Å². The average molecular weight is 419 g/mol. The van der Waals surface area contributed by atoms with Gasteiger partial charge < -0.3 is 0 Å². The van der Waals surface area contributed by atoms with Crippen molar-refractivity contribution in [3.05, 3.63) is 107 Å². The van der Waals surface area contributed by atoms with Crippen molar-refractivity contribution in [1.29, 1.82) is 0 Å². The zero-order valence-electron chi connectivity index (χ0n) is 17.4. The molecule has 3 aromatic rings. The lowest BCUT2D eigenvalue weighted by molar-refractivity contribution is 0.584. The van der Waals surface area contributed by atoms with Gasteiger partial charge in [-0.1, -0.05) is 91.4 Å². The number of allylic oxidation sites excluding steroid dienone is 1. The number of hydrogen-bond donors (Lipinski definition) is 1. The Bertz CT molecular complexity index is 1150. The summed E-state index contributed by atoms with van der Waals surface area (Å²) in [6, 6.07) is 24.8. The molecule has 30 heavy (non-hydrogen) atoms. The normalized spacial score (nSPS) is 13.4. The third kappa shape index (κ3) is 5.45. The van der Waals surface area contributed by atoms with Crippen LogP contribution in [-0.2, 0) is 10.0 Å². The number of nitrogens with zero attached hydrogens (tertiary/aromatic N) is 1. The van der Waals surface area contributed by atoms with E-state index in [0.717, 1.165) is 16.7 Å². The van der Waals surface area contributed by atoms with Gasteiger partial charge in [0.15, 0.2) is 0 Å². The summed E-state index contributed by atoms with van der Waals surface area (Å²) in [5.41, 5.74) is 4.69. The molecule has 3 rings (SSSR count). The minimum absolute atomic E-state index is 0.189. The number of rotatable bonds is 7. The van der Waals surface area contributed by atoms with Gasteiger partial charge in [-0.05, 0) is 43.0 Å². The van der Waals surface area contributed by atoms with Crippen LogP contribution in [0.15, 0.2) is 94.9 Å². The quantitative estimate of drug-likeness (QED) is 0.406. The molecular weight excluding hydrogens is 392 g/mol. The van der Waals surface area contributed by atoms with Gasteiger partial charge in [-0.3, -0.25) is 0 Å². The Morgan fingerprint density at radius 1 is 0.933 bits per heavy atom. The van der Waals surface area contributed by atoms with E-state index in [4.69, 9.17) is 0 Å². The first-order valence-corrected chi connectivity index (χ1v) is 11.3. The SMILES string of the molecule is C/C(=N\NS(=O)(=O)c1ccc(C)cc1)c1ccccc1/C=C/C(C)c1ccccc1. The fourth-order valence-electron chi connectivity index (χ4n) is 3.05. The fourth-order valence-corrected chi connectivity index (χ4v) is 3.90. The highest BCUT2D eigenvalue weighted by Crippen LogP contribution is 2.19. The molecule has 1 atom stereocenters. The van der Waals surface area contributed by atoms with Gasteiger partial charge in [0.1, 0.15) is 0 Å². The molecule has 0 bridgehead atoms. The van der Waals surface area contributed by atoms with Crippen molar-refractivity contribution in [1.82, 2.24) is 4.83 Å². The minimum atomic E-state index is -3.71. The molecule has 0 amide bonds. The third-order valence-electron chi connectivity index (χ3n) is 4.91. The molecule has 3 aromatic carbocycles. The van der Waals surface area contributed by atoms with Crippen LogP contribution in [0.4, 0.5) is 0 Å². The highest BCUT2D eigenvalue weighted by Gasteiger charge is 2.13. The first-order chi connectivity index (χ1) is 14.4. The van der Waals surface area contributed by atoms with Crippen LogP contribution in [0.1, 0.15) is 42.0 Å². The van der Waals surface area contributed by atoms with Gasteiger partial charge in [0.05, 0.1) is 10.6 Å². The number of hydrazone groups is 1. The maximum Gasteiger partial charge on any atom is 0.276 e. The average Bonchev–Trinajstić information content (AvgIpc) is 2.77. The van der Waals surface area contributed by atoms with Crippen LogP contribution in [0, 0.1) is 6.92 Å². The molecule has 0 aliphatic heterocycles. The van der Waals surface area contributed by atoms with E-state index in [-0.39, 0.29) is 10.8 Å². The Hall–Kier alpha value is -3.18. The molecule has 0 saturated heterocycles. The number of benzene rings is 3. The highest BCUT2D eigenvalue weighted by molar-refractivity contribution is 7.89. The van der Waals surface area contributed by atoms with Crippen LogP contribution in [0.25, 0.3) is 6.08 Å². The summed E-state index contributed by atoms with van der Waals surface area (Å²) in [5, 5.41) is 4.16. The van der Waals surface area contributed by atoms with E-state index in [2.05, 4.69) is 41.1 Å². The third-order valence-corrected chi connectivity index (χ3v) is 6.13. The van der Waals surface area contributed by atoms with Gasteiger partial charge in [-0.15, -0.1) is 0 Å². The molecule has 154 valence electrons. The van der Waals surface area contributed by atoms with E-state index >= 15 is 0 Å². The van der Waals surface area contributed by atoms with E-state index in [9.17, 15) is 8.42 Å². The number of sulfonamides is 1. The summed E-state index contributed by atoms with van der Waals surface area (Å²) in [7, 11) is -3.71. The van der Waals surface area contributed by atoms with Crippen LogP contribution >= 0.6 is 0 Å². The van der Waals surface area contributed by atoms with Crippen molar-refractivity contribution in [2.24, 2.45) is 5.10 Å². The molecule has 0 heterocycles. The largest absolute Gasteiger partial charge is 0.276 e. The van der Waals surface area contributed by atoms with Crippen molar-refractivity contribution in [3.63, 3.8) is 0 Å². The fraction of sp³-hybridized carbons (Fsp3) is 0.160. The molecule has 0 spiro atoms. The van der Waals surface area contributed by atoms with Crippen LogP contribution in [0.2, 0.25) is 0 Å². The maximum atomic E-state index is 12.5. The first-order valence-electron chi connectivity index (χ1n) is 9.82. The second-order valence-electron chi connectivity index (χ2n) is 7.25. The Labute approximate surface area is 179 Å². The standard InChI is InChI=1S/C25H26N2O2S/c1-19-13-17-24(18-14-19)30(28,29)27-26-21(3)25-12-8-7-11-23(25)16-15-20(2)22-9-5-4-6-10-22/h4-18,20,27H,1-3H3/b16-15+,26-21+. The lowest BCUT2D eigenvalue weighted by Crippen LogP contribution is -2.20. The first kappa shape index (κ1) is 21.5. The molecule has 0 aromatic heterocycles. The summed E-state index contributed by atoms with van der Waals surface area (Å²) in [6.07, 6.45) is 4.19. The van der Waals surface area contributed by atoms with E-state index in [1.807, 2.05) is 49.4 Å². The van der Waals surface area contributed by atoms with Crippen molar-refractivity contribution < 1.29 is 8.42 Å². The maximum absolute atomic E-state index is 12.5. The smallest absolute Gasteiger partial charge is 0.200 e. The van der Waals surface area contributed by atoms with E-state index < -0.39 is 10.0 Å². The van der Waals surface area contributed by atoms with Crippen molar-refractivity contribution in [2.75, 3.05) is 0 Å². The lowest BCUT2D eigenvalue weighted by Gasteiger charge is -2.09. The van der Waals surface area contributed by atoms with Gasteiger partial charge >= 0.3 is 0 Å². The number of aryl methyl sites for hydroxylation is 1. The second kappa shape index (κ2) is 9.55. The molecule has 0 aliphatic carbocycles. The van der Waals surface area contributed by atoms with Gasteiger partial charge in [0, 0.05) is 5.56 Å². The van der Waals surface area contributed by atoms with Crippen LogP contribution in [-0.4, -0.2) is 14.1 Å². The molecule has 4 nitrogen and oxygen atoms in total. The Morgan fingerprint density at radius 2 is 1.57 bits per heavy atom. The van der Waals surface area contributed by atoms with E-state index in [1.165, 1.54) is 5.56 Å². The van der Waals surface area contributed by atoms with Gasteiger partial charge in [0.2, 0.25) is 0 Å². The minimum Gasteiger partial charge on any atom is -0.200 e. The summed E-state index contributed by atoms with van der Waals surface area (Å²) in [4.78, 5) is 2.54.